The van der Waals surface area contributed by atoms with Gasteiger partial charge in [0, 0.05) is 5.92 Å². The first-order valence-electron chi connectivity index (χ1n) is 6.65. The zero-order chi connectivity index (χ0) is 13.8. The maximum atomic E-state index is 9.58. The van der Waals surface area contributed by atoms with Gasteiger partial charge in [0.25, 0.3) is 0 Å². The van der Waals surface area contributed by atoms with Crippen molar-refractivity contribution in [2.75, 3.05) is 0 Å². The van der Waals surface area contributed by atoms with Crippen LogP contribution in [0.25, 0.3) is 0 Å². The van der Waals surface area contributed by atoms with Crippen molar-refractivity contribution in [3.8, 4) is 6.07 Å². The van der Waals surface area contributed by atoms with E-state index in [1.54, 1.807) is 0 Å². The van der Waals surface area contributed by atoms with Gasteiger partial charge in [-0.1, -0.05) is 61.0 Å². The number of rotatable bonds is 3. The molecule has 0 saturated heterocycles. The molecule has 2 aromatic rings. The molecule has 2 unspecified atom stereocenters. The Hall–Kier alpha value is -2.07. The van der Waals surface area contributed by atoms with E-state index in [1.165, 1.54) is 16.7 Å². The minimum atomic E-state index is -0.0951. The summed E-state index contributed by atoms with van der Waals surface area (Å²) in [6, 6.07) is 19.1. The fraction of sp³-hybridized carbons (Fsp3) is 0.278. The van der Waals surface area contributed by atoms with Gasteiger partial charge in [0.05, 0.1) is 12.0 Å². The van der Waals surface area contributed by atoms with Crippen molar-refractivity contribution in [3.63, 3.8) is 0 Å². The molecule has 2 aromatic carbocycles. The number of benzene rings is 2. The second kappa shape index (κ2) is 5.71. The van der Waals surface area contributed by atoms with Crippen LogP contribution in [0.2, 0.25) is 0 Å². The molecule has 0 N–H and O–H groups in total. The summed E-state index contributed by atoms with van der Waals surface area (Å²) >= 11 is 0. The predicted octanol–water partition coefficient (Wildman–Crippen LogP) is 4.71. The van der Waals surface area contributed by atoms with Gasteiger partial charge in [0.2, 0.25) is 0 Å². The number of hydrogen-bond acceptors (Lipinski definition) is 1. The van der Waals surface area contributed by atoms with Gasteiger partial charge in [-0.25, -0.2) is 0 Å². The molecule has 0 aliphatic carbocycles. The van der Waals surface area contributed by atoms with Crippen LogP contribution in [-0.4, -0.2) is 0 Å². The lowest BCUT2D eigenvalue weighted by molar-refractivity contribution is 0.682. The monoisotopic (exact) mass is 249 g/mol. The van der Waals surface area contributed by atoms with Gasteiger partial charge in [0.1, 0.15) is 0 Å². The molecule has 96 valence electrons. The van der Waals surface area contributed by atoms with E-state index in [2.05, 4.69) is 57.2 Å². The third-order valence-corrected chi connectivity index (χ3v) is 3.73. The number of aryl methyl sites for hydroxylation is 2. The number of nitrogens with zero attached hydrogens (tertiary/aromatic N) is 1. The van der Waals surface area contributed by atoms with E-state index in [4.69, 9.17) is 0 Å². The summed E-state index contributed by atoms with van der Waals surface area (Å²) < 4.78 is 0. The fourth-order valence-electron chi connectivity index (χ4n) is 2.49. The van der Waals surface area contributed by atoms with Gasteiger partial charge in [0.15, 0.2) is 0 Å². The molecule has 0 aromatic heterocycles. The molecule has 19 heavy (non-hydrogen) atoms. The topological polar surface area (TPSA) is 23.8 Å². The van der Waals surface area contributed by atoms with Crippen molar-refractivity contribution in [2.24, 2.45) is 0 Å². The molecule has 1 heteroatoms. The van der Waals surface area contributed by atoms with Crippen LogP contribution in [0.4, 0.5) is 0 Å². The zero-order valence-electron chi connectivity index (χ0n) is 11.7. The van der Waals surface area contributed by atoms with Crippen LogP contribution in [0.5, 0.6) is 0 Å². The molecule has 0 aliphatic heterocycles. The molecule has 0 amide bonds. The van der Waals surface area contributed by atoms with Crippen molar-refractivity contribution >= 4 is 0 Å². The Morgan fingerprint density at radius 3 is 2.32 bits per heavy atom. The highest BCUT2D eigenvalue weighted by atomic mass is 14.3. The first kappa shape index (κ1) is 13.4. The third kappa shape index (κ3) is 2.85. The maximum Gasteiger partial charge on any atom is 0.0781 e. The first-order valence-corrected chi connectivity index (χ1v) is 6.65. The molecule has 0 fully saturated rings. The Labute approximate surface area is 115 Å². The standard InChI is InChI=1S/C18H19N/c1-13-9-10-14(2)17(11-13)18(12-19)15(3)16-7-5-4-6-8-16/h4-11,15,18H,1-3H3. The number of hydrogen-bond donors (Lipinski definition) is 0. The van der Waals surface area contributed by atoms with E-state index in [-0.39, 0.29) is 11.8 Å². The Morgan fingerprint density at radius 1 is 1.00 bits per heavy atom. The molecular formula is C18H19N. The van der Waals surface area contributed by atoms with Gasteiger partial charge >= 0.3 is 0 Å². The Kier molecular flexibility index (Phi) is 4.02. The van der Waals surface area contributed by atoms with E-state index in [1.807, 2.05) is 18.2 Å². The lowest BCUT2D eigenvalue weighted by Crippen LogP contribution is -2.08. The van der Waals surface area contributed by atoms with Crippen molar-refractivity contribution in [1.82, 2.24) is 0 Å². The van der Waals surface area contributed by atoms with Crippen molar-refractivity contribution in [1.29, 1.82) is 5.26 Å². The van der Waals surface area contributed by atoms with Crippen LogP contribution in [-0.2, 0) is 0 Å². The van der Waals surface area contributed by atoms with Crippen molar-refractivity contribution in [2.45, 2.75) is 32.6 Å². The summed E-state index contributed by atoms with van der Waals surface area (Å²) in [7, 11) is 0. The average Bonchev–Trinajstić information content (AvgIpc) is 2.44. The van der Waals surface area contributed by atoms with E-state index < -0.39 is 0 Å². The number of nitriles is 1. The molecule has 0 aliphatic rings. The minimum absolute atomic E-state index is 0.0951. The Balaban J connectivity index is 2.41. The SMILES string of the molecule is Cc1ccc(C)c(C(C#N)C(C)c2ccccc2)c1. The molecule has 0 saturated carbocycles. The summed E-state index contributed by atoms with van der Waals surface area (Å²) in [5, 5.41) is 9.58. The molecular weight excluding hydrogens is 230 g/mol. The van der Waals surface area contributed by atoms with E-state index in [0.29, 0.717) is 0 Å². The molecule has 0 heterocycles. The predicted molar refractivity (Wildman–Crippen MR) is 79.1 cm³/mol. The second-order valence-electron chi connectivity index (χ2n) is 5.17. The van der Waals surface area contributed by atoms with Crippen LogP contribution in [0.3, 0.4) is 0 Å². The summed E-state index contributed by atoms with van der Waals surface area (Å²) in [6.45, 7) is 6.28. The smallest absolute Gasteiger partial charge is 0.0781 e. The maximum absolute atomic E-state index is 9.58. The van der Waals surface area contributed by atoms with Gasteiger partial charge in [-0.15, -0.1) is 0 Å². The molecule has 0 bridgehead atoms. The van der Waals surface area contributed by atoms with Gasteiger partial charge in [-0.3, -0.25) is 0 Å². The second-order valence-corrected chi connectivity index (χ2v) is 5.17. The van der Waals surface area contributed by atoms with Crippen LogP contribution < -0.4 is 0 Å². The quantitative estimate of drug-likeness (QED) is 0.772. The molecule has 2 atom stereocenters. The van der Waals surface area contributed by atoms with Gasteiger partial charge in [-0.05, 0) is 30.5 Å². The Morgan fingerprint density at radius 2 is 1.68 bits per heavy atom. The van der Waals surface area contributed by atoms with Crippen LogP contribution >= 0.6 is 0 Å². The molecule has 2 rings (SSSR count). The highest BCUT2D eigenvalue weighted by molar-refractivity contribution is 5.39. The summed E-state index contributed by atoms with van der Waals surface area (Å²) in [5.74, 6) is 0.106. The van der Waals surface area contributed by atoms with E-state index in [0.717, 1.165) is 5.56 Å². The minimum Gasteiger partial charge on any atom is -0.198 e. The van der Waals surface area contributed by atoms with E-state index >= 15 is 0 Å². The lowest BCUT2D eigenvalue weighted by atomic mass is 9.81. The summed E-state index contributed by atoms with van der Waals surface area (Å²) in [4.78, 5) is 0. The van der Waals surface area contributed by atoms with Crippen LogP contribution in [0.1, 0.15) is 41.0 Å². The molecule has 0 spiro atoms. The van der Waals surface area contributed by atoms with Crippen LogP contribution in [0, 0.1) is 25.2 Å². The fourth-order valence-corrected chi connectivity index (χ4v) is 2.49. The van der Waals surface area contributed by atoms with Gasteiger partial charge in [-0.2, -0.15) is 5.26 Å². The van der Waals surface area contributed by atoms with Gasteiger partial charge < -0.3 is 0 Å². The highest BCUT2D eigenvalue weighted by Gasteiger charge is 2.22. The lowest BCUT2D eigenvalue weighted by Gasteiger charge is -2.20. The Bertz CT molecular complexity index is 593. The normalized spacial score (nSPS) is 13.6. The molecule has 1 nitrogen and oxygen atoms in total. The highest BCUT2D eigenvalue weighted by Crippen LogP contribution is 2.34. The summed E-state index contributed by atoms with van der Waals surface area (Å²) in [6.07, 6.45) is 0. The first-order chi connectivity index (χ1) is 9.13. The van der Waals surface area contributed by atoms with Crippen molar-refractivity contribution in [3.05, 3.63) is 70.8 Å². The zero-order valence-corrected chi connectivity index (χ0v) is 11.7. The molecule has 0 radical (unpaired) electrons. The average molecular weight is 249 g/mol. The van der Waals surface area contributed by atoms with E-state index in [9.17, 15) is 5.26 Å². The summed E-state index contributed by atoms with van der Waals surface area (Å²) in [5.41, 5.74) is 4.77. The van der Waals surface area contributed by atoms with Crippen molar-refractivity contribution < 1.29 is 0 Å². The third-order valence-electron chi connectivity index (χ3n) is 3.73. The van der Waals surface area contributed by atoms with Crippen LogP contribution in [0.15, 0.2) is 48.5 Å². The largest absolute Gasteiger partial charge is 0.198 e.